The highest BCUT2D eigenvalue weighted by Gasteiger charge is 2.42. The van der Waals surface area contributed by atoms with Gasteiger partial charge in [-0.25, -0.2) is 4.79 Å². The first-order valence-electron chi connectivity index (χ1n) is 6.40. The molecule has 15 heavy (non-hydrogen) atoms. The molecule has 0 spiro atoms. The predicted octanol–water partition coefficient (Wildman–Crippen LogP) is 1.98. The monoisotopic (exact) mass is 208 g/mol. The zero-order chi connectivity index (χ0) is 10.3. The van der Waals surface area contributed by atoms with Crippen LogP contribution in [0.25, 0.3) is 0 Å². The van der Waals surface area contributed by atoms with Gasteiger partial charge in [0.1, 0.15) is 0 Å². The molecular weight excluding hydrogens is 188 g/mol. The molecule has 3 rings (SSSR count). The third kappa shape index (κ3) is 2.11. The molecule has 84 valence electrons. The van der Waals surface area contributed by atoms with Gasteiger partial charge in [0, 0.05) is 19.1 Å². The number of nitrogens with zero attached hydrogens (tertiary/aromatic N) is 1. The molecule has 3 aliphatic rings. The summed E-state index contributed by atoms with van der Waals surface area (Å²) >= 11 is 0. The van der Waals surface area contributed by atoms with Gasteiger partial charge in [0.25, 0.3) is 0 Å². The zero-order valence-electron chi connectivity index (χ0n) is 9.24. The van der Waals surface area contributed by atoms with Gasteiger partial charge in [-0.1, -0.05) is 0 Å². The molecule has 0 aromatic rings. The third-order valence-electron chi connectivity index (χ3n) is 3.94. The number of urea groups is 1. The van der Waals surface area contributed by atoms with Crippen molar-refractivity contribution in [2.45, 2.75) is 44.6 Å². The number of rotatable bonds is 3. The highest BCUT2D eigenvalue weighted by Crippen LogP contribution is 2.44. The van der Waals surface area contributed by atoms with Crippen molar-refractivity contribution in [3.05, 3.63) is 0 Å². The van der Waals surface area contributed by atoms with E-state index in [0.717, 1.165) is 24.9 Å². The molecule has 0 aromatic heterocycles. The van der Waals surface area contributed by atoms with Gasteiger partial charge in [0.15, 0.2) is 0 Å². The molecular formula is C12H20N2O. The van der Waals surface area contributed by atoms with E-state index in [-0.39, 0.29) is 6.03 Å². The minimum atomic E-state index is 0.205. The van der Waals surface area contributed by atoms with E-state index in [1.165, 1.54) is 38.5 Å². The number of nitrogens with one attached hydrogen (secondary N) is 1. The van der Waals surface area contributed by atoms with E-state index in [9.17, 15) is 4.79 Å². The molecule has 0 atom stereocenters. The van der Waals surface area contributed by atoms with Gasteiger partial charge in [-0.15, -0.1) is 0 Å². The zero-order valence-corrected chi connectivity index (χ0v) is 9.24. The summed E-state index contributed by atoms with van der Waals surface area (Å²) in [7, 11) is 0. The van der Waals surface area contributed by atoms with Gasteiger partial charge in [0.2, 0.25) is 0 Å². The second-order valence-electron chi connectivity index (χ2n) is 5.34. The Hall–Kier alpha value is -0.730. The molecule has 0 radical (unpaired) electrons. The molecule has 0 aromatic carbocycles. The van der Waals surface area contributed by atoms with Crippen LogP contribution in [0.1, 0.15) is 38.5 Å². The summed E-state index contributed by atoms with van der Waals surface area (Å²) < 4.78 is 0. The SMILES string of the molecule is O=C(NC(C1CC1)C1CC1)N1CCCC1. The summed E-state index contributed by atoms with van der Waals surface area (Å²) in [5.74, 6) is 1.62. The smallest absolute Gasteiger partial charge is 0.317 e. The lowest BCUT2D eigenvalue weighted by molar-refractivity contribution is 0.201. The van der Waals surface area contributed by atoms with Crippen LogP contribution >= 0.6 is 0 Å². The molecule has 1 heterocycles. The van der Waals surface area contributed by atoms with E-state index in [1.807, 2.05) is 4.90 Å². The lowest BCUT2D eigenvalue weighted by Gasteiger charge is -2.22. The molecule has 3 nitrogen and oxygen atoms in total. The summed E-state index contributed by atoms with van der Waals surface area (Å²) in [4.78, 5) is 13.9. The van der Waals surface area contributed by atoms with Gasteiger partial charge in [-0.2, -0.15) is 0 Å². The molecule has 0 bridgehead atoms. The van der Waals surface area contributed by atoms with Crippen LogP contribution in [0.4, 0.5) is 4.79 Å². The maximum atomic E-state index is 11.9. The van der Waals surface area contributed by atoms with E-state index >= 15 is 0 Å². The summed E-state index contributed by atoms with van der Waals surface area (Å²) in [6.45, 7) is 1.93. The fraction of sp³-hybridized carbons (Fsp3) is 0.917. The Morgan fingerprint density at radius 2 is 1.60 bits per heavy atom. The van der Waals surface area contributed by atoms with Gasteiger partial charge in [-0.05, 0) is 50.4 Å². The average molecular weight is 208 g/mol. The van der Waals surface area contributed by atoms with Crippen LogP contribution in [0, 0.1) is 11.8 Å². The Labute approximate surface area is 91.2 Å². The van der Waals surface area contributed by atoms with Crippen molar-refractivity contribution in [1.82, 2.24) is 10.2 Å². The van der Waals surface area contributed by atoms with Crippen molar-refractivity contribution in [3.63, 3.8) is 0 Å². The normalized spacial score (nSPS) is 26.1. The summed E-state index contributed by atoms with van der Waals surface area (Å²) in [5.41, 5.74) is 0. The van der Waals surface area contributed by atoms with Crippen LogP contribution in [0.3, 0.4) is 0 Å². The number of hydrogen-bond acceptors (Lipinski definition) is 1. The second kappa shape index (κ2) is 3.69. The Morgan fingerprint density at radius 1 is 1.07 bits per heavy atom. The Kier molecular flexibility index (Phi) is 2.33. The lowest BCUT2D eigenvalue weighted by Crippen LogP contribution is -2.45. The maximum absolute atomic E-state index is 11.9. The number of hydrogen-bond donors (Lipinski definition) is 1. The van der Waals surface area contributed by atoms with Crippen molar-refractivity contribution >= 4 is 6.03 Å². The van der Waals surface area contributed by atoms with Crippen LogP contribution in [-0.2, 0) is 0 Å². The van der Waals surface area contributed by atoms with Crippen LogP contribution in [0.15, 0.2) is 0 Å². The van der Waals surface area contributed by atoms with Gasteiger partial charge in [0.05, 0.1) is 0 Å². The van der Waals surface area contributed by atoms with E-state index in [4.69, 9.17) is 0 Å². The van der Waals surface area contributed by atoms with Crippen molar-refractivity contribution in [3.8, 4) is 0 Å². The molecule has 1 saturated heterocycles. The molecule has 0 unspecified atom stereocenters. The highest BCUT2D eigenvalue weighted by molar-refractivity contribution is 5.75. The van der Waals surface area contributed by atoms with Crippen molar-refractivity contribution in [1.29, 1.82) is 0 Å². The van der Waals surface area contributed by atoms with Crippen molar-refractivity contribution in [2.24, 2.45) is 11.8 Å². The first-order valence-corrected chi connectivity index (χ1v) is 6.40. The third-order valence-corrected chi connectivity index (χ3v) is 3.94. The minimum absolute atomic E-state index is 0.205. The van der Waals surface area contributed by atoms with E-state index in [2.05, 4.69) is 5.32 Å². The first-order chi connectivity index (χ1) is 7.34. The highest BCUT2D eigenvalue weighted by atomic mass is 16.2. The average Bonchev–Trinajstić information content (AvgIpc) is 3.15. The van der Waals surface area contributed by atoms with E-state index in [0.29, 0.717) is 6.04 Å². The summed E-state index contributed by atoms with van der Waals surface area (Å²) in [5, 5.41) is 3.27. The second-order valence-corrected chi connectivity index (χ2v) is 5.34. The molecule has 2 saturated carbocycles. The van der Waals surface area contributed by atoms with Crippen LogP contribution < -0.4 is 5.32 Å². The maximum Gasteiger partial charge on any atom is 0.317 e. The molecule has 2 aliphatic carbocycles. The van der Waals surface area contributed by atoms with Gasteiger partial charge >= 0.3 is 6.03 Å². The quantitative estimate of drug-likeness (QED) is 0.755. The van der Waals surface area contributed by atoms with E-state index in [1.54, 1.807) is 0 Å². The Balaban J connectivity index is 1.55. The van der Waals surface area contributed by atoms with Gasteiger partial charge in [-0.3, -0.25) is 0 Å². The van der Waals surface area contributed by atoms with Crippen molar-refractivity contribution < 1.29 is 4.79 Å². The molecule has 3 fully saturated rings. The molecule has 2 amide bonds. The molecule has 1 N–H and O–H groups in total. The Morgan fingerprint density at radius 3 is 2.07 bits per heavy atom. The number of likely N-dealkylation sites (tertiary alicyclic amines) is 1. The number of amides is 2. The van der Waals surface area contributed by atoms with Crippen LogP contribution in [0.2, 0.25) is 0 Å². The summed E-state index contributed by atoms with van der Waals surface area (Å²) in [6, 6.07) is 0.717. The summed E-state index contributed by atoms with van der Waals surface area (Å²) in [6.07, 6.45) is 7.71. The fourth-order valence-corrected chi connectivity index (χ4v) is 2.69. The number of carbonyl (C=O) groups excluding carboxylic acids is 1. The lowest BCUT2D eigenvalue weighted by atomic mass is 10.1. The van der Waals surface area contributed by atoms with Gasteiger partial charge < -0.3 is 10.2 Å². The van der Waals surface area contributed by atoms with Crippen LogP contribution in [0.5, 0.6) is 0 Å². The Bertz CT molecular complexity index is 240. The van der Waals surface area contributed by atoms with Crippen molar-refractivity contribution in [2.75, 3.05) is 13.1 Å². The largest absolute Gasteiger partial charge is 0.335 e. The molecule has 1 aliphatic heterocycles. The molecule has 3 heteroatoms. The van der Waals surface area contributed by atoms with E-state index < -0.39 is 0 Å². The minimum Gasteiger partial charge on any atom is -0.335 e. The van der Waals surface area contributed by atoms with Crippen LogP contribution in [-0.4, -0.2) is 30.1 Å². The fourth-order valence-electron chi connectivity index (χ4n) is 2.69. The number of carbonyl (C=O) groups is 1. The standard InChI is InChI=1S/C12H20N2O/c15-12(14-7-1-2-8-14)13-11(9-3-4-9)10-5-6-10/h9-11H,1-8H2,(H,13,15). The first kappa shape index (κ1) is 9.49. The predicted molar refractivity (Wildman–Crippen MR) is 58.6 cm³/mol. The topological polar surface area (TPSA) is 32.3 Å².